The second kappa shape index (κ2) is 6.01. The number of benzene rings is 1. The maximum absolute atomic E-state index is 11.5. The highest BCUT2D eigenvalue weighted by atomic mass is 16.2. The highest BCUT2D eigenvalue weighted by Crippen LogP contribution is 2.18. The van der Waals surface area contributed by atoms with Crippen molar-refractivity contribution < 1.29 is 4.79 Å². The van der Waals surface area contributed by atoms with Crippen molar-refractivity contribution in [1.29, 1.82) is 0 Å². The lowest BCUT2D eigenvalue weighted by Gasteiger charge is -2.07. The van der Waals surface area contributed by atoms with Crippen molar-refractivity contribution in [2.24, 2.45) is 0 Å². The summed E-state index contributed by atoms with van der Waals surface area (Å²) in [7, 11) is 0. The molecular formula is C16H19N3O. The summed E-state index contributed by atoms with van der Waals surface area (Å²) in [5, 5.41) is 7.32. The van der Waals surface area contributed by atoms with Crippen molar-refractivity contribution in [3.63, 3.8) is 0 Å². The number of nitrogens with zero attached hydrogens (tertiary/aromatic N) is 1. The fourth-order valence-corrected chi connectivity index (χ4v) is 2.30. The quantitative estimate of drug-likeness (QED) is 0.784. The third kappa shape index (κ3) is 3.33. The molecule has 0 radical (unpaired) electrons. The first kappa shape index (κ1) is 13.1. The van der Waals surface area contributed by atoms with Crippen LogP contribution in [-0.4, -0.2) is 30.0 Å². The van der Waals surface area contributed by atoms with Gasteiger partial charge in [0.25, 0.3) is 0 Å². The Morgan fingerprint density at radius 1 is 1.25 bits per heavy atom. The van der Waals surface area contributed by atoms with Crippen LogP contribution in [0.25, 0.3) is 10.9 Å². The largest absolute Gasteiger partial charge is 0.352 e. The fourth-order valence-electron chi connectivity index (χ4n) is 2.30. The Balaban J connectivity index is 1.50. The molecule has 2 aromatic rings. The molecule has 1 aliphatic rings. The molecule has 4 nitrogen and oxygen atoms in total. The minimum absolute atomic E-state index is 0.101. The number of amides is 1. The minimum Gasteiger partial charge on any atom is -0.352 e. The van der Waals surface area contributed by atoms with Crippen molar-refractivity contribution in [3.05, 3.63) is 42.1 Å². The molecule has 4 heteroatoms. The van der Waals surface area contributed by atoms with E-state index in [0.29, 0.717) is 12.6 Å². The lowest BCUT2D eigenvalue weighted by Crippen LogP contribution is -2.35. The zero-order valence-corrected chi connectivity index (χ0v) is 11.4. The SMILES string of the molecule is O=C(CNCCc1cccc2cccnc12)NC1CC1. The average Bonchev–Trinajstić information content (AvgIpc) is 3.27. The summed E-state index contributed by atoms with van der Waals surface area (Å²) in [6, 6.07) is 10.7. The second-order valence-electron chi connectivity index (χ2n) is 5.26. The van der Waals surface area contributed by atoms with Gasteiger partial charge in [-0.25, -0.2) is 0 Å². The number of para-hydroxylation sites is 1. The Morgan fingerprint density at radius 3 is 2.95 bits per heavy atom. The number of pyridine rings is 1. The molecule has 104 valence electrons. The number of fused-ring (bicyclic) bond motifs is 1. The molecule has 0 spiro atoms. The smallest absolute Gasteiger partial charge is 0.234 e. The van der Waals surface area contributed by atoms with E-state index in [-0.39, 0.29) is 5.91 Å². The van der Waals surface area contributed by atoms with E-state index in [4.69, 9.17) is 0 Å². The molecule has 0 bridgehead atoms. The van der Waals surface area contributed by atoms with E-state index in [0.717, 1.165) is 36.7 Å². The zero-order valence-electron chi connectivity index (χ0n) is 11.4. The average molecular weight is 269 g/mol. The Hall–Kier alpha value is -1.94. The summed E-state index contributed by atoms with van der Waals surface area (Å²) in [6.07, 6.45) is 4.97. The topological polar surface area (TPSA) is 54.0 Å². The van der Waals surface area contributed by atoms with Gasteiger partial charge in [0.15, 0.2) is 0 Å². The number of hydrogen-bond acceptors (Lipinski definition) is 3. The van der Waals surface area contributed by atoms with E-state index in [1.807, 2.05) is 12.3 Å². The maximum atomic E-state index is 11.5. The lowest BCUT2D eigenvalue weighted by molar-refractivity contribution is -0.120. The molecule has 1 aliphatic carbocycles. The van der Waals surface area contributed by atoms with Crippen LogP contribution in [-0.2, 0) is 11.2 Å². The van der Waals surface area contributed by atoms with Crippen LogP contribution in [0.4, 0.5) is 0 Å². The predicted octanol–water partition coefficient (Wildman–Crippen LogP) is 1.65. The molecule has 1 heterocycles. The number of nitrogens with one attached hydrogen (secondary N) is 2. The van der Waals surface area contributed by atoms with Gasteiger partial charge in [0.2, 0.25) is 5.91 Å². The molecule has 1 aromatic heterocycles. The van der Waals surface area contributed by atoms with Gasteiger partial charge in [0, 0.05) is 17.6 Å². The van der Waals surface area contributed by atoms with Crippen molar-refractivity contribution in [3.8, 4) is 0 Å². The van der Waals surface area contributed by atoms with Crippen molar-refractivity contribution >= 4 is 16.8 Å². The molecule has 1 saturated carbocycles. The Morgan fingerprint density at radius 2 is 2.10 bits per heavy atom. The standard InChI is InChI=1S/C16H19N3O/c20-15(19-14-6-7-14)11-17-10-8-13-4-1-3-12-5-2-9-18-16(12)13/h1-5,9,14,17H,6-8,10-11H2,(H,19,20). The van der Waals surface area contributed by atoms with Crippen LogP contribution >= 0.6 is 0 Å². The lowest BCUT2D eigenvalue weighted by atomic mass is 10.1. The van der Waals surface area contributed by atoms with E-state index in [2.05, 4.69) is 39.9 Å². The third-order valence-electron chi connectivity index (χ3n) is 3.52. The molecule has 0 atom stereocenters. The normalized spacial score (nSPS) is 14.4. The van der Waals surface area contributed by atoms with Gasteiger partial charge in [-0.2, -0.15) is 0 Å². The molecule has 0 saturated heterocycles. The van der Waals surface area contributed by atoms with Gasteiger partial charge < -0.3 is 10.6 Å². The molecule has 1 amide bonds. The summed E-state index contributed by atoms with van der Waals surface area (Å²) in [5.74, 6) is 0.101. The number of rotatable bonds is 6. The molecular weight excluding hydrogens is 250 g/mol. The van der Waals surface area contributed by atoms with Crippen molar-refractivity contribution in [1.82, 2.24) is 15.6 Å². The second-order valence-corrected chi connectivity index (χ2v) is 5.26. The van der Waals surface area contributed by atoms with Gasteiger partial charge in [0.05, 0.1) is 12.1 Å². The first-order valence-electron chi connectivity index (χ1n) is 7.15. The predicted molar refractivity (Wildman–Crippen MR) is 79.5 cm³/mol. The van der Waals surface area contributed by atoms with Gasteiger partial charge in [-0.15, -0.1) is 0 Å². The third-order valence-corrected chi connectivity index (χ3v) is 3.52. The van der Waals surface area contributed by atoms with Crippen LogP contribution in [0, 0.1) is 0 Å². The molecule has 3 rings (SSSR count). The van der Waals surface area contributed by atoms with Crippen LogP contribution in [0.5, 0.6) is 0 Å². The molecule has 1 fully saturated rings. The van der Waals surface area contributed by atoms with E-state index in [1.54, 1.807) is 0 Å². The van der Waals surface area contributed by atoms with Gasteiger partial charge in [-0.05, 0) is 37.4 Å². The number of carbonyl (C=O) groups excluding carboxylic acids is 1. The molecule has 20 heavy (non-hydrogen) atoms. The highest BCUT2D eigenvalue weighted by molar-refractivity contribution is 5.81. The Kier molecular flexibility index (Phi) is 3.92. The monoisotopic (exact) mass is 269 g/mol. The summed E-state index contributed by atoms with van der Waals surface area (Å²) in [6.45, 7) is 1.18. The van der Waals surface area contributed by atoms with Crippen LogP contribution in [0.3, 0.4) is 0 Å². The summed E-state index contributed by atoms with van der Waals surface area (Å²) < 4.78 is 0. The van der Waals surface area contributed by atoms with Gasteiger partial charge in [-0.1, -0.05) is 24.3 Å². The molecule has 0 unspecified atom stereocenters. The Labute approximate surface area is 118 Å². The zero-order chi connectivity index (χ0) is 13.8. The number of carbonyl (C=O) groups is 1. The van der Waals surface area contributed by atoms with Crippen molar-refractivity contribution in [2.45, 2.75) is 25.3 Å². The summed E-state index contributed by atoms with van der Waals surface area (Å²) >= 11 is 0. The van der Waals surface area contributed by atoms with E-state index in [9.17, 15) is 4.79 Å². The summed E-state index contributed by atoms with van der Waals surface area (Å²) in [5.41, 5.74) is 2.28. The molecule has 1 aromatic carbocycles. The van der Waals surface area contributed by atoms with E-state index < -0.39 is 0 Å². The van der Waals surface area contributed by atoms with Crippen molar-refractivity contribution in [2.75, 3.05) is 13.1 Å². The van der Waals surface area contributed by atoms with Crippen LogP contribution < -0.4 is 10.6 Å². The summed E-state index contributed by atoms with van der Waals surface area (Å²) in [4.78, 5) is 16.0. The van der Waals surface area contributed by atoms with Gasteiger partial charge >= 0.3 is 0 Å². The van der Waals surface area contributed by atoms with Gasteiger partial charge in [0.1, 0.15) is 0 Å². The first-order chi connectivity index (χ1) is 9.83. The number of hydrogen-bond donors (Lipinski definition) is 2. The first-order valence-corrected chi connectivity index (χ1v) is 7.15. The van der Waals surface area contributed by atoms with E-state index >= 15 is 0 Å². The minimum atomic E-state index is 0.101. The van der Waals surface area contributed by atoms with Gasteiger partial charge in [-0.3, -0.25) is 9.78 Å². The maximum Gasteiger partial charge on any atom is 0.234 e. The highest BCUT2D eigenvalue weighted by Gasteiger charge is 2.22. The van der Waals surface area contributed by atoms with Crippen LogP contribution in [0.15, 0.2) is 36.5 Å². The molecule has 0 aliphatic heterocycles. The van der Waals surface area contributed by atoms with E-state index in [1.165, 1.54) is 5.56 Å². The van der Waals surface area contributed by atoms with Crippen LogP contribution in [0.1, 0.15) is 18.4 Å². The number of aromatic nitrogens is 1. The fraction of sp³-hybridized carbons (Fsp3) is 0.375. The Bertz CT molecular complexity index is 602. The molecule has 2 N–H and O–H groups in total. The van der Waals surface area contributed by atoms with Crippen LogP contribution in [0.2, 0.25) is 0 Å².